The molecule has 0 saturated heterocycles. The maximum absolute atomic E-state index is 5.32. The predicted octanol–water partition coefficient (Wildman–Crippen LogP) is 14.7. The Morgan fingerprint density at radius 1 is 0.302 bits per heavy atom. The minimum absolute atomic E-state index is 0.598. The van der Waals surface area contributed by atoms with Crippen molar-refractivity contribution in [2.75, 3.05) is 0 Å². The topological polar surface area (TPSA) is 48.5 Å². The van der Waals surface area contributed by atoms with Crippen LogP contribution in [0.1, 0.15) is 5.56 Å². The summed E-state index contributed by atoms with van der Waals surface area (Å²) >= 11 is 0. The molecular formula is C58H39N5. The van der Waals surface area contributed by atoms with Crippen molar-refractivity contribution in [1.82, 2.24) is 24.1 Å². The van der Waals surface area contributed by atoms with Gasteiger partial charge in [-0.1, -0.05) is 169 Å². The lowest BCUT2D eigenvalue weighted by atomic mass is 9.99. The van der Waals surface area contributed by atoms with Crippen molar-refractivity contribution in [2.24, 2.45) is 0 Å². The SMILES string of the molecule is Cc1ccc(-c2ccc3c(c2)c2ccccc2n3-c2ccc(-c3ccc4c5ccccc5n(-c5ccccc5)c4c3)cc2-c2nc(-c3ccccc3)nc(-c3ccccc3)n2)cc1. The van der Waals surface area contributed by atoms with Crippen molar-refractivity contribution in [3.8, 4) is 67.8 Å². The second-order valence-corrected chi connectivity index (χ2v) is 16.1. The Bertz CT molecular complexity index is 3600. The van der Waals surface area contributed by atoms with E-state index in [1.54, 1.807) is 0 Å². The largest absolute Gasteiger partial charge is 0.309 e. The van der Waals surface area contributed by atoms with Gasteiger partial charge >= 0.3 is 0 Å². The van der Waals surface area contributed by atoms with Gasteiger partial charge in [0.1, 0.15) is 0 Å². The number of rotatable bonds is 7. The molecule has 12 aromatic rings. The Balaban J connectivity index is 1.13. The van der Waals surface area contributed by atoms with Crippen LogP contribution in [0.25, 0.3) is 111 Å². The molecule has 0 atom stereocenters. The first-order valence-corrected chi connectivity index (χ1v) is 21.4. The normalized spacial score (nSPS) is 11.6. The third kappa shape index (κ3) is 6.29. The summed E-state index contributed by atoms with van der Waals surface area (Å²) in [6.45, 7) is 2.13. The van der Waals surface area contributed by atoms with Crippen molar-refractivity contribution in [2.45, 2.75) is 6.92 Å². The zero-order valence-electron chi connectivity index (χ0n) is 34.5. The van der Waals surface area contributed by atoms with Gasteiger partial charge in [0, 0.05) is 43.9 Å². The van der Waals surface area contributed by atoms with Crippen molar-refractivity contribution < 1.29 is 0 Å². The third-order valence-corrected chi connectivity index (χ3v) is 12.3. The molecule has 0 aliphatic rings. The summed E-state index contributed by atoms with van der Waals surface area (Å²) < 4.78 is 4.75. The van der Waals surface area contributed by atoms with Gasteiger partial charge in [-0.15, -0.1) is 0 Å². The van der Waals surface area contributed by atoms with Crippen LogP contribution in [-0.4, -0.2) is 24.1 Å². The molecule has 0 amide bonds. The van der Waals surface area contributed by atoms with Gasteiger partial charge < -0.3 is 9.13 Å². The Hall–Kier alpha value is -8.41. The molecule has 0 radical (unpaired) electrons. The van der Waals surface area contributed by atoms with Gasteiger partial charge in [0.15, 0.2) is 17.5 Å². The first-order valence-electron chi connectivity index (χ1n) is 21.4. The van der Waals surface area contributed by atoms with Crippen LogP contribution in [0, 0.1) is 6.92 Å². The molecule has 0 spiro atoms. The Morgan fingerprint density at radius 2 is 0.778 bits per heavy atom. The lowest BCUT2D eigenvalue weighted by Crippen LogP contribution is -2.04. The van der Waals surface area contributed by atoms with Gasteiger partial charge in [-0.2, -0.15) is 0 Å². The predicted molar refractivity (Wildman–Crippen MR) is 260 cm³/mol. The standard InChI is InChI=1S/C58H39N5/c1-38-25-27-39(28-26-38)42-30-33-53-49(35-42)47-22-12-14-24-52(47)63(53)54-34-31-43(44-29-32-48-46-21-11-13-23-51(46)62(55(48)37-44)45-19-9-4-10-20-45)36-50(54)58-60-56(40-15-5-2-6-16-40)59-57(61-58)41-17-7-3-8-18-41/h2-37H,1H3. The molecule has 3 heterocycles. The molecule has 296 valence electrons. The monoisotopic (exact) mass is 805 g/mol. The Labute approximate surface area is 364 Å². The highest BCUT2D eigenvalue weighted by atomic mass is 15.1. The lowest BCUT2D eigenvalue weighted by Gasteiger charge is -2.17. The van der Waals surface area contributed by atoms with Crippen LogP contribution in [0.4, 0.5) is 0 Å². The molecule has 0 fully saturated rings. The zero-order valence-corrected chi connectivity index (χ0v) is 34.5. The first-order chi connectivity index (χ1) is 31.1. The smallest absolute Gasteiger partial charge is 0.166 e. The number of benzene rings is 9. The van der Waals surface area contributed by atoms with E-state index in [4.69, 9.17) is 15.0 Å². The third-order valence-electron chi connectivity index (χ3n) is 12.3. The molecule has 9 aromatic carbocycles. The molecule has 5 nitrogen and oxygen atoms in total. The summed E-state index contributed by atoms with van der Waals surface area (Å²) in [6, 6.07) is 77.6. The lowest BCUT2D eigenvalue weighted by molar-refractivity contribution is 1.06. The van der Waals surface area contributed by atoms with Crippen LogP contribution in [0.5, 0.6) is 0 Å². The number of aromatic nitrogens is 5. The Kier molecular flexibility index (Phi) is 8.64. The van der Waals surface area contributed by atoms with E-state index in [0.29, 0.717) is 17.5 Å². The fourth-order valence-electron chi connectivity index (χ4n) is 9.18. The molecular weight excluding hydrogens is 767 g/mol. The number of para-hydroxylation sites is 3. The highest BCUT2D eigenvalue weighted by molar-refractivity contribution is 6.12. The van der Waals surface area contributed by atoms with Gasteiger partial charge in [-0.3, -0.25) is 0 Å². The minimum atomic E-state index is 0.598. The molecule has 3 aromatic heterocycles. The van der Waals surface area contributed by atoms with E-state index in [0.717, 1.165) is 55.7 Å². The number of hydrogen-bond donors (Lipinski definition) is 0. The van der Waals surface area contributed by atoms with E-state index in [1.807, 2.05) is 36.4 Å². The first kappa shape index (κ1) is 36.4. The number of fused-ring (bicyclic) bond motifs is 6. The average Bonchev–Trinajstić information content (AvgIpc) is 3.87. The van der Waals surface area contributed by atoms with E-state index in [2.05, 4.69) is 198 Å². The molecule has 0 bridgehead atoms. The molecule has 0 N–H and O–H groups in total. The molecule has 5 heteroatoms. The van der Waals surface area contributed by atoms with E-state index >= 15 is 0 Å². The van der Waals surface area contributed by atoms with Crippen LogP contribution in [0.2, 0.25) is 0 Å². The number of hydrogen-bond acceptors (Lipinski definition) is 3. The fraction of sp³-hybridized carbons (Fsp3) is 0.0172. The highest BCUT2D eigenvalue weighted by Crippen LogP contribution is 2.41. The van der Waals surface area contributed by atoms with E-state index in [1.165, 1.54) is 43.8 Å². The Morgan fingerprint density at radius 3 is 1.46 bits per heavy atom. The summed E-state index contributed by atoms with van der Waals surface area (Å²) in [7, 11) is 0. The van der Waals surface area contributed by atoms with Crippen molar-refractivity contribution in [1.29, 1.82) is 0 Å². The van der Waals surface area contributed by atoms with Crippen LogP contribution >= 0.6 is 0 Å². The summed E-state index contributed by atoms with van der Waals surface area (Å²) in [5.74, 6) is 1.84. The van der Waals surface area contributed by atoms with Crippen LogP contribution in [0.3, 0.4) is 0 Å². The van der Waals surface area contributed by atoms with E-state index < -0.39 is 0 Å². The van der Waals surface area contributed by atoms with Crippen LogP contribution < -0.4 is 0 Å². The maximum Gasteiger partial charge on any atom is 0.166 e. The molecule has 0 unspecified atom stereocenters. The molecule has 0 aliphatic carbocycles. The quantitative estimate of drug-likeness (QED) is 0.161. The molecule has 0 aliphatic heterocycles. The number of nitrogens with zero attached hydrogens (tertiary/aromatic N) is 5. The molecule has 0 saturated carbocycles. The summed E-state index contributed by atoms with van der Waals surface area (Å²) in [4.78, 5) is 15.7. The highest BCUT2D eigenvalue weighted by Gasteiger charge is 2.21. The molecule has 63 heavy (non-hydrogen) atoms. The van der Waals surface area contributed by atoms with E-state index in [-0.39, 0.29) is 0 Å². The minimum Gasteiger partial charge on any atom is -0.309 e. The van der Waals surface area contributed by atoms with Crippen molar-refractivity contribution in [3.63, 3.8) is 0 Å². The van der Waals surface area contributed by atoms with Crippen LogP contribution in [-0.2, 0) is 0 Å². The fourth-order valence-corrected chi connectivity index (χ4v) is 9.18. The second kappa shape index (κ2) is 14.9. The van der Waals surface area contributed by atoms with E-state index in [9.17, 15) is 0 Å². The zero-order chi connectivity index (χ0) is 41.9. The summed E-state index contributed by atoms with van der Waals surface area (Å²) in [5, 5.41) is 4.80. The van der Waals surface area contributed by atoms with Crippen LogP contribution in [0.15, 0.2) is 218 Å². The van der Waals surface area contributed by atoms with Crippen molar-refractivity contribution in [3.05, 3.63) is 224 Å². The second-order valence-electron chi connectivity index (χ2n) is 16.1. The number of aryl methyl sites for hydroxylation is 1. The van der Waals surface area contributed by atoms with Gasteiger partial charge in [-0.05, 0) is 83.8 Å². The average molecular weight is 806 g/mol. The van der Waals surface area contributed by atoms with Crippen molar-refractivity contribution >= 4 is 43.6 Å². The summed E-state index contributed by atoms with van der Waals surface area (Å²) in [5.41, 5.74) is 15.2. The molecule has 12 rings (SSSR count). The van der Waals surface area contributed by atoms with Gasteiger partial charge in [0.05, 0.1) is 27.8 Å². The maximum atomic E-state index is 5.32. The van der Waals surface area contributed by atoms with Gasteiger partial charge in [0.2, 0.25) is 0 Å². The van der Waals surface area contributed by atoms with Gasteiger partial charge in [-0.25, -0.2) is 15.0 Å². The summed E-state index contributed by atoms with van der Waals surface area (Å²) in [6.07, 6.45) is 0. The van der Waals surface area contributed by atoms with Gasteiger partial charge in [0.25, 0.3) is 0 Å².